The Bertz CT molecular complexity index is 971. The molecule has 0 spiro atoms. The first-order valence-electron chi connectivity index (χ1n) is 15.9. The number of hydrogen-bond acceptors (Lipinski definition) is 4. The van der Waals surface area contributed by atoms with Crippen molar-refractivity contribution in [2.24, 2.45) is 23.7 Å². The number of rotatable bonds is 15. The number of hydrogen-bond donors (Lipinski definition) is 2. The molecule has 2 amide bonds. The predicted molar refractivity (Wildman–Crippen MR) is 164 cm³/mol. The third-order valence-corrected chi connectivity index (χ3v) is 9.58. The molecule has 0 unspecified atom stereocenters. The maximum absolute atomic E-state index is 15.8. The van der Waals surface area contributed by atoms with E-state index in [4.69, 9.17) is 16.3 Å². The van der Waals surface area contributed by atoms with Crippen molar-refractivity contribution in [3.63, 3.8) is 0 Å². The van der Waals surface area contributed by atoms with E-state index in [1.165, 1.54) is 32.1 Å². The van der Waals surface area contributed by atoms with Crippen molar-refractivity contribution in [2.45, 2.75) is 96.4 Å². The second kappa shape index (κ2) is 16.8. The Labute approximate surface area is 252 Å². The molecule has 1 heterocycles. The molecule has 3 atom stereocenters. The van der Waals surface area contributed by atoms with Crippen LogP contribution in [0.4, 0.5) is 4.39 Å². The predicted octanol–water partition coefficient (Wildman–Crippen LogP) is 6.70. The first-order valence-corrected chi connectivity index (χ1v) is 16.3. The summed E-state index contributed by atoms with van der Waals surface area (Å²) in [6.07, 6.45) is 11.8. The van der Waals surface area contributed by atoms with Crippen LogP contribution in [-0.2, 0) is 19.9 Å². The summed E-state index contributed by atoms with van der Waals surface area (Å²) in [5, 5.41) is 6.67. The molecule has 3 rings (SSSR count). The van der Waals surface area contributed by atoms with Gasteiger partial charge in [-0.1, -0.05) is 69.7 Å². The molecule has 0 radical (unpaired) electrons. The summed E-state index contributed by atoms with van der Waals surface area (Å²) < 4.78 is 21.1. The second-order valence-corrected chi connectivity index (χ2v) is 13.1. The number of amides is 2. The van der Waals surface area contributed by atoms with Crippen molar-refractivity contribution in [1.29, 1.82) is 0 Å². The molecule has 2 aliphatic rings. The van der Waals surface area contributed by atoms with Gasteiger partial charge in [-0.2, -0.15) is 0 Å². The van der Waals surface area contributed by atoms with E-state index in [1.807, 2.05) is 25.8 Å². The van der Waals surface area contributed by atoms with Crippen molar-refractivity contribution < 1.29 is 18.7 Å². The molecule has 6 nitrogen and oxygen atoms in total. The van der Waals surface area contributed by atoms with Crippen LogP contribution in [0.3, 0.4) is 0 Å². The van der Waals surface area contributed by atoms with Gasteiger partial charge >= 0.3 is 0 Å². The normalized spacial score (nSPS) is 20.6. The number of methoxy groups -OCH3 is 1. The van der Waals surface area contributed by atoms with E-state index < -0.39 is 11.4 Å². The van der Waals surface area contributed by atoms with Crippen molar-refractivity contribution in [3.05, 3.63) is 34.6 Å². The third-order valence-electron chi connectivity index (χ3n) is 9.29. The molecule has 1 aliphatic carbocycles. The van der Waals surface area contributed by atoms with Gasteiger partial charge in [0, 0.05) is 50.6 Å². The van der Waals surface area contributed by atoms with Gasteiger partial charge in [-0.05, 0) is 70.0 Å². The van der Waals surface area contributed by atoms with Crippen LogP contribution in [0.2, 0.25) is 5.02 Å². The summed E-state index contributed by atoms with van der Waals surface area (Å²) in [6, 6.07) is 5.06. The third kappa shape index (κ3) is 9.39. The minimum absolute atomic E-state index is 0.0453. The Morgan fingerprint density at radius 1 is 1.15 bits per heavy atom. The standard InChI is InChI=1S/C33H53ClFN3O3/c1-24(2)32(40)37-33(17-8-9-19-41-4,28-15-10-16-29(34)31(28)35)27-14-11-18-38(23-27)30(39)21-26(22-36-3)20-25-12-6-5-7-13-25/h10,15-16,24-27,36H,5-9,11-14,17-23H2,1-4H3,(H,37,40)/t26-,27-,33+/m1/s1. The highest BCUT2D eigenvalue weighted by Gasteiger charge is 2.46. The lowest BCUT2D eigenvalue weighted by molar-refractivity contribution is -0.135. The lowest BCUT2D eigenvalue weighted by Crippen LogP contribution is -2.57. The van der Waals surface area contributed by atoms with Crippen LogP contribution in [0, 0.1) is 29.5 Å². The first-order chi connectivity index (χ1) is 19.7. The average molecular weight is 594 g/mol. The molecule has 1 saturated heterocycles. The number of carbonyl (C=O) groups is 2. The molecule has 1 aromatic carbocycles. The van der Waals surface area contributed by atoms with Crippen molar-refractivity contribution >= 4 is 23.4 Å². The van der Waals surface area contributed by atoms with E-state index >= 15 is 4.39 Å². The monoisotopic (exact) mass is 593 g/mol. The van der Waals surface area contributed by atoms with Crippen LogP contribution in [0.5, 0.6) is 0 Å². The molecular weight excluding hydrogens is 541 g/mol. The molecule has 232 valence electrons. The van der Waals surface area contributed by atoms with E-state index in [0.29, 0.717) is 49.9 Å². The molecule has 8 heteroatoms. The molecule has 1 aliphatic heterocycles. The zero-order chi connectivity index (χ0) is 29.8. The SMILES string of the molecule is CNC[C@@H](CC(=O)N1CCC[C@@H]([C@](CCCCOC)(NC(=O)C(C)C)c2cccc(Cl)c2F)C1)CC1CCCCC1. The molecule has 0 bridgehead atoms. The largest absolute Gasteiger partial charge is 0.385 e. The van der Waals surface area contributed by atoms with Gasteiger partial charge in [0.25, 0.3) is 0 Å². The fourth-order valence-electron chi connectivity index (χ4n) is 7.06. The van der Waals surface area contributed by atoms with Gasteiger partial charge in [-0.15, -0.1) is 0 Å². The van der Waals surface area contributed by atoms with Gasteiger partial charge in [0.05, 0.1) is 10.6 Å². The fourth-order valence-corrected chi connectivity index (χ4v) is 7.23. The molecule has 2 N–H and O–H groups in total. The van der Waals surface area contributed by atoms with Crippen LogP contribution in [0.1, 0.15) is 96.5 Å². The molecule has 0 aromatic heterocycles. The summed E-state index contributed by atoms with van der Waals surface area (Å²) in [6.45, 7) is 6.31. The van der Waals surface area contributed by atoms with Gasteiger partial charge in [0.2, 0.25) is 11.8 Å². The van der Waals surface area contributed by atoms with Gasteiger partial charge in [0.1, 0.15) is 5.82 Å². The molecule has 1 aromatic rings. The van der Waals surface area contributed by atoms with Crippen LogP contribution < -0.4 is 10.6 Å². The maximum Gasteiger partial charge on any atom is 0.223 e. The second-order valence-electron chi connectivity index (χ2n) is 12.7. The lowest BCUT2D eigenvalue weighted by Gasteiger charge is -2.47. The summed E-state index contributed by atoms with van der Waals surface area (Å²) in [5.74, 6) is 0.164. The highest BCUT2D eigenvalue weighted by Crippen LogP contribution is 2.43. The average Bonchev–Trinajstić information content (AvgIpc) is 2.96. The Morgan fingerprint density at radius 3 is 2.59 bits per heavy atom. The van der Waals surface area contributed by atoms with Gasteiger partial charge in [-0.25, -0.2) is 4.39 Å². The van der Waals surface area contributed by atoms with Crippen molar-refractivity contribution in [3.8, 4) is 0 Å². The zero-order valence-electron chi connectivity index (χ0n) is 25.8. The Kier molecular flexibility index (Phi) is 13.9. The number of likely N-dealkylation sites (tertiary alicyclic amines) is 1. The summed E-state index contributed by atoms with van der Waals surface area (Å²) in [4.78, 5) is 29.1. The molecule has 41 heavy (non-hydrogen) atoms. The highest BCUT2D eigenvalue weighted by atomic mass is 35.5. The first kappa shape index (κ1) is 33.8. The van der Waals surface area contributed by atoms with Crippen molar-refractivity contribution in [2.75, 3.05) is 40.4 Å². The number of ether oxygens (including phenoxy) is 1. The Morgan fingerprint density at radius 2 is 1.90 bits per heavy atom. The molecular formula is C33H53ClFN3O3. The van der Waals surface area contributed by atoms with Crippen LogP contribution in [0.25, 0.3) is 0 Å². The number of nitrogens with zero attached hydrogens (tertiary/aromatic N) is 1. The zero-order valence-corrected chi connectivity index (χ0v) is 26.5. The maximum atomic E-state index is 15.8. The van der Waals surface area contributed by atoms with E-state index in [2.05, 4.69) is 10.6 Å². The van der Waals surface area contributed by atoms with E-state index in [9.17, 15) is 9.59 Å². The quantitative estimate of drug-likeness (QED) is 0.222. The van der Waals surface area contributed by atoms with E-state index in [0.717, 1.165) is 38.6 Å². The number of benzene rings is 1. The van der Waals surface area contributed by atoms with Gasteiger partial charge in [-0.3, -0.25) is 9.59 Å². The Balaban J connectivity index is 1.88. The number of carbonyl (C=O) groups excluding carboxylic acids is 2. The van der Waals surface area contributed by atoms with E-state index in [1.54, 1.807) is 25.3 Å². The summed E-state index contributed by atoms with van der Waals surface area (Å²) in [5.41, 5.74) is -0.559. The smallest absolute Gasteiger partial charge is 0.223 e. The lowest BCUT2D eigenvalue weighted by atomic mass is 9.70. The van der Waals surface area contributed by atoms with Gasteiger partial charge < -0.3 is 20.3 Å². The number of unbranched alkanes of at least 4 members (excludes halogenated alkanes) is 1. The van der Waals surface area contributed by atoms with Crippen LogP contribution in [-0.4, -0.2) is 57.1 Å². The summed E-state index contributed by atoms with van der Waals surface area (Å²) >= 11 is 6.31. The molecule has 2 fully saturated rings. The fraction of sp³-hybridized carbons (Fsp3) is 0.758. The van der Waals surface area contributed by atoms with Crippen LogP contribution >= 0.6 is 11.6 Å². The highest BCUT2D eigenvalue weighted by molar-refractivity contribution is 6.30. The Hall–Kier alpha value is -1.70. The number of halogens is 2. The number of nitrogens with one attached hydrogen (secondary N) is 2. The van der Waals surface area contributed by atoms with Crippen LogP contribution in [0.15, 0.2) is 18.2 Å². The topological polar surface area (TPSA) is 70.7 Å². The van der Waals surface area contributed by atoms with Crippen molar-refractivity contribution in [1.82, 2.24) is 15.5 Å². The van der Waals surface area contributed by atoms with Gasteiger partial charge in [0.15, 0.2) is 0 Å². The minimum Gasteiger partial charge on any atom is -0.385 e. The van der Waals surface area contributed by atoms with E-state index in [-0.39, 0.29) is 28.7 Å². The minimum atomic E-state index is -0.977. The molecule has 1 saturated carbocycles. The number of piperidine rings is 1. The summed E-state index contributed by atoms with van der Waals surface area (Å²) in [7, 11) is 3.63.